The van der Waals surface area contributed by atoms with Crippen LogP contribution in [-0.2, 0) is 14.4 Å². The largest absolute Gasteiger partial charge is 0.484 e. The number of ether oxygens (including phenoxy) is 1. The fraction of sp³-hybridized carbons (Fsp3) is 0.0833. The van der Waals surface area contributed by atoms with Gasteiger partial charge < -0.3 is 15.4 Å². The molecule has 9 heteroatoms. The normalized spacial score (nSPS) is 10.5. The molecule has 0 saturated heterocycles. The van der Waals surface area contributed by atoms with E-state index in [1.54, 1.807) is 30.3 Å². The Kier molecular flexibility index (Phi) is 7.85. The first-order valence-corrected chi connectivity index (χ1v) is 9.89. The molecule has 0 bridgehead atoms. The molecule has 0 heterocycles. The fourth-order valence-electron chi connectivity index (χ4n) is 2.68. The minimum atomic E-state index is -1.05. The summed E-state index contributed by atoms with van der Waals surface area (Å²) in [7, 11) is 0. The Balaban J connectivity index is 1.44. The highest BCUT2D eigenvalue weighted by atomic mass is 19.1. The Labute approximate surface area is 189 Å². The van der Waals surface area contributed by atoms with E-state index in [-0.39, 0.29) is 18.2 Å². The van der Waals surface area contributed by atoms with E-state index in [9.17, 15) is 18.8 Å². The lowest BCUT2D eigenvalue weighted by molar-refractivity contribution is -0.136. The maximum Gasteiger partial charge on any atom is 0.329 e. The number of hydrogen-bond acceptors (Lipinski definition) is 5. The van der Waals surface area contributed by atoms with Crippen LogP contribution in [-0.4, -0.2) is 30.5 Å². The average molecular weight is 448 g/mol. The minimum absolute atomic E-state index is 0.107. The zero-order valence-corrected chi connectivity index (χ0v) is 17.7. The number of benzene rings is 3. The second-order valence-corrected chi connectivity index (χ2v) is 6.91. The van der Waals surface area contributed by atoms with Crippen molar-refractivity contribution in [2.75, 3.05) is 17.2 Å². The summed E-state index contributed by atoms with van der Waals surface area (Å²) in [4.78, 5) is 35.6. The summed E-state index contributed by atoms with van der Waals surface area (Å²) in [6.45, 7) is 1.78. The standard InChI is InChI=1S/C24H21FN4O4/c1-16-5-4-6-18(13-16)27-22(30)15-33-19-11-9-17(10-12-19)14-26-29-24(32)23(31)28-21-8-3-2-7-20(21)25/h2-14H,15H2,1H3,(H,27,30)(H,28,31)(H,29,32)/b26-14-. The molecule has 0 atom stereocenters. The van der Waals surface area contributed by atoms with Crippen LogP contribution in [0.4, 0.5) is 15.8 Å². The molecule has 0 spiro atoms. The molecule has 0 aliphatic carbocycles. The molecule has 3 amide bonds. The van der Waals surface area contributed by atoms with Crippen LogP contribution in [0.15, 0.2) is 77.9 Å². The van der Waals surface area contributed by atoms with Crippen LogP contribution in [0, 0.1) is 12.7 Å². The highest BCUT2D eigenvalue weighted by Crippen LogP contribution is 2.13. The number of hydrogen-bond donors (Lipinski definition) is 3. The molecule has 0 radical (unpaired) electrons. The summed E-state index contributed by atoms with van der Waals surface area (Å²) in [5, 5.41) is 8.61. The van der Waals surface area contributed by atoms with Crippen molar-refractivity contribution in [1.29, 1.82) is 0 Å². The first-order chi connectivity index (χ1) is 15.9. The van der Waals surface area contributed by atoms with Gasteiger partial charge in [-0.05, 0) is 66.6 Å². The van der Waals surface area contributed by atoms with Crippen LogP contribution in [0.2, 0.25) is 0 Å². The van der Waals surface area contributed by atoms with E-state index in [4.69, 9.17) is 4.74 Å². The van der Waals surface area contributed by atoms with Gasteiger partial charge in [0.25, 0.3) is 5.91 Å². The predicted octanol–water partition coefficient (Wildman–Crippen LogP) is 3.24. The number of anilines is 2. The number of rotatable bonds is 7. The lowest BCUT2D eigenvalue weighted by Gasteiger charge is -2.08. The Bertz CT molecular complexity index is 1180. The van der Waals surface area contributed by atoms with Gasteiger partial charge in [0.2, 0.25) is 0 Å². The number of carbonyl (C=O) groups is 3. The Morgan fingerprint density at radius 3 is 2.42 bits per heavy atom. The molecule has 8 nitrogen and oxygen atoms in total. The predicted molar refractivity (Wildman–Crippen MR) is 123 cm³/mol. The summed E-state index contributed by atoms with van der Waals surface area (Å²) >= 11 is 0. The number of para-hydroxylation sites is 1. The molecular weight excluding hydrogens is 427 g/mol. The first-order valence-electron chi connectivity index (χ1n) is 9.89. The van der Waals surface area contributed by atoms with Crippen LogP contribution < -0.4 is 20.8 Å². The molecule has 0 unspecified atom stereocenters. The van der Waals surface area contributed by atoms with E-state index in [0.29, 0.717) is 17.0 Å². The highest BCUT2D eigenvalue weighted by molar-refractivity contribution is 6.39. The summed E-state index contributed by atoms with van der Waals surface area (Å²) in [5.41, 5.74) is 4.30. The van der Waals surface area contributed by atoms with Gasteiger partial charge in [0.05, 0.1) is 11.9 Å². The topological polar surface area (TPSA) is 109 Å². The van der Waals surface area contributed by atoms with Crippen molar-refractivity contribution in [3.8, 4) is 5.75 Å². The van der Waals surface area contributed by atoms with Crippen molar-refractivity contribution < 1.29 is 23.5 Å². The van der Waals surface area contributed by atoms with E-state index in [1.807, 2.05) is 25.1 Å². The Morgan fingerprint density at radius 2 is 1.70 bits per heavy atom. The van der Waals surface area contributed by atoms with E-state index in [0.717, 1.165) is 11.6 Å². The van der Waals surface area contributed by atoms with Gasteiger partial charge in [-0.3, -0.25) is 14.4 Å². The maximum absolute atomic E-state index is 13.5. The Morgan fingerprint density at radius 1 is 0.939 bits per heavy atom. The average Bonchev–Trinajstić information content (AvgIpc) is 2.80. The molecular formula is C24H21FN4O4. The SMILES string of the molecule is Cc1cccc(NC(=O)COc2ccc(/C=N\NC(=O)C(=O)Nc3ccccc3F)cc2)c1. The third-order valence-electron chi connectivity index (χ3n) is 4.26. The van der Waals surface area contributed by atoms with Gasteiger partial charge in [-0.25, -0.2) is 9.82 Å². The van der Waals surface area contributed by atoms with Gasteiger partial charge in [0.1, 0.15) is 11.6 Å². The van der Waals surface area contributed by atoms with Crippen LogP contribution >= 0.6 is 0 Å². The van der Waals surface area contributed by atoms with Crippen molar-refractivity contribution in [3.05, 3.63) is 89.7 Å². The summed E-state index contributed by atoms with van der Waals surface area (Å²) < 4.78 is 19.0. The second kappa shape index (κ2) is 11.2. The molecule has 168 valence electrons. The molecule has 0 aliphatic heterocycles. The molecule has 33 heavy (non-hydrogen) atoms. The lowest BCUT2D eigenvalue weighted by Crippen LogP contribution is -2.32. The van der Waals surface area contributed by atoms with E-state index < -0.39 is 17.6 Å². The highest BCUT2D eigenvalue weighted by Gasteiger charge is 2.14. The number of aryl methyl sites for hydroxylation is 1. The van der Waals surface area contributed by atoms with Crippen LogP contribution in [0.25, 0.3) is 0 Å². The summed E-state index contributed by atoms with van der Waals surface area (Å²) in [6, 6.07) is 19.5. The quantitative estimate of drug-likeness (QED) is 0.293. The number of carbonyl (C=O) groups excluding carboxylic acids is 3. The van der Waals surface area contributed by atoms with E-state index in [2.05, 4.69) is 21.2 Å². The molecule has 3 N–H and O–H groups in total. The first kappa shape index (κ1) is 23.1. The van der Waals surface area contributed by atoms with E-state index in [1.165, 1.54) is 24.4 Å². The number of halogens is 1. The zero-order valence-electron chi connectivity index (χ0n) is 17.7. The third kappa shape index (κ3) is 7.28. The summed E-state index contributed by atoms with van der Waals surface area (Å²) in [6.07, 6.45) is 1.32. The smallest absolute Gasteiger partial charge is 0.329 e. The third-order valence-corrected chi connectivity index (χ3v) is 4.26. The molecule has 0 fully saturated rings. The minimum Gasteiger partial charge on any atom is -0.484 e. The van der Waals surface area contributed by atoms with Gasteiger partial charge in [0.15, 0.2) is 6.61 Å². The van der Waals surface area contributed by atoms with Crippen molar-refractivity contribution in [3.63, 3.8) is 0 Å². The van der Waals surface area contributed by atoms with Crippen LogP contribution in [0.5, 0.6) is 5.75 Å². The fourth-order valence-corrected chi connectivity index (χ4v) is 2.68. The lowest BCUT2D eigenvalue weighted by atomic mass is 10.2. The number of hydrazone groups is 1. The van der Waals surface area contributed by atoms with Crippen molar-refractivity contribution in [1.82, 2.24) is 5.43 Å². The van der Waals surface area contributed by atoms with Crippen molar-refractivity contribution in [2.45, 2.75) is 6.92 Å². The van der Waals surface area contributed by atoms with Crippen molar-refractivity contribution in [2.24, 2.45) is 5.10 Å². The second-order valence-electron chi connectivity index (χ2n) is 6.91. The van der Waals surface area contributed by atoms with Crippen LogP contribution in [0.3, 0.4) is 0 Å². The summed E-state index contributed by atoms with van der Waals surface area (Å²) in [5.74, 6) is -2.57. The zero-order chi connectivity index (χ0) is 23.6. The van der Waals surface area contributed by atoms with Gasteiger partial charge in [0, 0.05) is 5.69 Å². The molecule has 0 saturated carbocycles. The Hall–Kier alpha value is -4.53. The van der Waals surface area contributed by atoms with Gasteiger partial charge >= 0.3 is 11.8 Å². The van der Waals surface area contributed by atoms with Crippen molar-refractivity contribution >= 4 is 35.3 Å². The van der Waals surface area contributed by atoms with Gasteiger partial charge in [-0.15, -0.1) is 0 Å². The van der Waals surface area contributed by atoms with E-state index >= 15 is 0 Å². The molecule has 0 aromatic heterocycles. The maximum atomic E-state index is 13.5. The molecule has 3 rings (SSSR count). The monoisotopic (exact) mass is 448 g/mol. The molecule has 3 aromatic carbocycles. The van der Waals surface area contributed by atoms with Crippen LogP contribution in [0.1, 0.15) is 11.1 Å². The number of nitrogens with zero attached hydrogens (tertiary/aromatic N) is 1. The van der Waals surface area contributed by atoms with Gasteiger partial charge in [-0.1, -0.05) is 24.3 Å². The van der Waals surface area contributed by atoms with Gasteiger partial charge in [-0.2, -0.15) is 5.10 Å². The molecule has 3 aromatic rings. The number of amides is 3. The molecule has 0 aliphatic rings. The number of nitrogens with one attached hydrogen (secondary N) is 3.